The Hall–Kier alpha value is -0.650. The molecule has 2 aliphatic rings. The average molecular weight is 227 g/mol. The molecule has 1 amide bonds. The van der Waals surface area contributed by atoms with Gasteiger partial charge in [-0.3, -0.25) is 4.79 Å². The zero-order valence-electron chi connectivity index (χ0n) is 9.87. The third-order valence-corrected chi connectivity index (χ3v) is 3.24. The molecule has 2 aliphatic heterocycles. The van der Waals surface area contributed by atoms with Crippen molar-refractivity contribution in [2.75, 3.05) is 39.3 Å². The minimum atomic E-state index is -0.0515. The molecule has 16 heavy (non-hydrogen) atoms. The number of nitrogens with zero attached hydrogens (tertiary/aromatic N) is 1. The van der Waals surface area contributed by atoms with Crippen LogP contribution in [0.5, 0.6) is 0 Å². The van der Waals surface area contributed by atoms with Crippen molar-refractivity contribution in [2.24, 2.45) is 0 Å². The summed E-state index contributed by atoms with van der Waals surface area (Å²) in [6, 6.07) is -0.0515. The Labute approximate surface area is 96.5 Å². The Bertz CT molecular complexity index is 241. The molecule has 5 heteroatoms. The van der Waals surface area contributed by atoms with Crippen molar-refractivity contribution < 1.29 is 9.53 Å². The minimum absolute atomic E-state index is 0.0515. The Morgan fingerprint density at radius 2 is 2.38 bits per heavy atom. The van der Waals surface area contributed by atoms with Gasteiger partial charge in [-0.05, 0) is 6.42 Å². The first-order valence-electron chi connectivity index (χ1n) is 6.15. The van der Waals surface area contributed by atoms with Crippen molar-refractivity contribution in [3.63, 3.8) is 0 Å². The molecule has 0 aromatic carbocycles. The van der Waals surface area contributed by atoms with Crippen LogP contribution in [0.4, 0.5) is 0 Å². The molecule has 0 aromatic rings. The smallest absolute Gasteiger partial charge is 0.241 e. The Kier molecular flexibility index (Phi) is 4.15. The van der Waals surface area contributed by atoms with E-state index in [0.717, 1.165) is 39.1 Å². The molecule has 0 aliphatic carbocycles. The van der Waals surface area contributed by atoms with Gasteiger partial charge in [-0.15, -0.1) is 0 Å². The molecule has 2 N–H and O–H groups in total. The lowest BCUT2D eigenvalue weighted by molar-refractivity contribution is -0.141. The van der Waals surface area contributed by atoms with Crippen LogP contribution in [0.25, 0.3) is 0 Å². The molecule has 2 atom stereocenters. The largest absolute Gasteiger partial charge is 0.375 e. The lowest BCUT2D eigenvalue weighted by Crippen LogP contribution is -2.59. The van der Waals surface area contributed by atoms with Crippen molar-refractivity contribution >= 4 is 5.91 Å². The second kappa shape index (κ2) is 5.61. The van der Waals surface area contributed by atoms with Gasteiger partial charge in [0.25, 0.3) is 0 Å². The molecule has 0 spiro atoms. The van der Waals surface area contributed by atoms with Crippen molar-refractivity contribution in [3.05, 3.63) is 0 Å². The van der Waals surface area contributed by atoms with E-state index in [4.69, 9.17) is 4.74 Å². The number of piperazine rings is 1. The van der Waals surface area contributed by atoms with E-state index >= 15 is 0 Å². The maximum Gasteiger partial charge on any atom is 0.241 e. The summed E-state index contributed by atoms with van der Waals surface area (Å²) in [4.78, 5) is 14.1. The summed E-state index contributed by atoms with van der Waals surface area (Å²) in [6.07, 6.45) is 1.19. The Morgan fingerprint density at radius 1 is 1.50 bits per heavy atom. The monoisotopic (exact) mass is 227 g/mol. The SMILES string of the molecule is CCC1CN(C(=O)C2CNCCN2)CCO1. The Balaban J connectivity index is 1.87. The van der Waals surface area contributed by atoms with Gasteiger partial charge in [0.1, 0.15) is 0 Å². The number of carbonyl (C=O) groups excluding carboxylic acids is 1. The number of hydrogen-bond acceptors (Lipinski definition) is 4. The maximum absolute atomic E-state index is 12.2. The number of carbonyl (C=O) groups is 1. The highest BCUT2D eigenvalue weighted by Crippen LogP contribution is 2.09. The van der Waals surface area contributed by atoms with E-state index in [1.54, 1.807) is 0 Å². The average Bonchev–Trinajstić information content (AvgIpc) is 2.39. The fourth-order valence-electron chi connectivity index (χ4n) is 2.21. The van der Waals surface area contributed by atoms with Gasteiger partial charge in [-0.25, -0.2) is 0 Å². The standard InChI is InChI=1S/C11H21N3O2/c1-2-9-8-14(5-6-16-9)11(15)10-7-12-3-4-13-10/h9-10,12-13H,2-8H2,1H3. The molecule has 5 nitrogen and oxygen atoms in total. The van der Waals surface area contributed by atoms with Crippen LogP contribution in [0.3, 0.4) is 0 Å². The molecular formula is C11H21N3O2. The maximum atomic E-state index is 12.2. The van der Waals surface area contributed by atoms with Gasteiger partial charge in [-0.2, -0.15) is 0 Å². The number of nitrogens with one attached hydrogen (secondary N) is 2. The van der Waals surface area contributed by atoms with E-state index in [-0.39, 0.29) is 18.1 Å². The van der Waals surface area contributed by atoms with Crippen LogP contribution in [0.2, 0.25) is 0 Å². The zero-order valence-corrected chi connectivity index (χ0v) is 9.87. The lowest BCUT2D eigenvalue weighted by Gasteiger charge is -2.36. The van der Waals surface area contributed by atoms with Gasteiger partial charge < -0.3 is 20.3 Å². The molecule has 0 bridgehead atoms. The van der Waals surface area contributed by atoms with E-state index in [0.29, 0.717) is 6.61 Å². The summed E-state index contributed by atoms with van der Waals surface area (Å²) in [6.45, 7) is 6.81. The fourth-order valence-corrected chi connectivity index (χ4v) is 2.21. The highest BCUT2D eigenvalue weighted by molar-refractivity contribution is 5.82. The summed E-state index contributed by atoms with van der Waals surface area (Å²) < 4.78 is 5.56. The molecule has 92 valence electrons. The third kappa shape index (κ3) is 2.72. The van der Waals surface area contributed by atoms with Crippen LogP contribution in [0.1, 0.15) is 13.3 Å². The minimum Gasteiger partial charge on any atom is -0.375 e. The van der Waals surface area contributed by atoms with Gasteiger partial charge in [0.05, 0.1) is 18.8 Å². The van der Waals surface area contributed by atoms with E-state index < -0.39 is 0 Å². The predicted molar refractivity (Wildman–Crippen MR) is 61.3 cm³/mol. The van der Waals surface area contributed by atoms with Gasteiger partial charge in [0.2, 0.25) is 5.91 Å². The second-order valence-corrected chi connectivity index (χ2v) is 4.40. The zero-order chi connectivity index (χ0) is 11.4. The molecular weight excluding hydrogens is 206 g/mol. The second-order valence-electron chi connectivity index (χ2n) is 4.40. The van der Waals surface area contributed by atoms with Crippen molar-refractivity contribution in [3.8, 4) is 0 Å². The van der Waals surface area contributed by atoms with Gasteiger partial charge in [0.15, 0.2) is 0 Å². The summed E-state index contributed by atoms with van der Waals surface area (Å²) in [7, 11) is 0. The summed E-state index contributed by atoms with van der Waals surface area (Å²) in [5, 5.41) is 6.49. The van der Waals surface area contributed by atoms with Crippen molar-refractivity contribution in [2.45, 2.75) is 25.5 Å². The molecule has 2 fully saturated rings. The highest BCUT2D eigenvalue weighted by Gasteiger charge is 2.29. The number of rotatable bonds is 2. The summed E-state index contributed by atoms with van der Waals surface area (Å²) in [5.74, 6) is 0.217. The first-order valence-corrected chi connectivity index (χ1v) is 6.15. The lowest BCUT2D eigenvalue weighted by atomic mass is 10.1. The van der Waals surface area contributed by atoms with Crippen LogP contribution >= 0.6 is 0 Å². The number of amides is 1. The first-order chi connectivity index (χ1) is 7.81. The molecule has 2 unspecified atom stereocenters. The highest BCUT2D eigenvalue weighted by atomic mass is 16.5. The van der Waals surface area contributed by atoms with Crippen LogP contribution in [-0.4, -0.2) is 62.3 Å². The van der Waals surface area contributed by atoms with Gasteiger partial charge in [-0.1, -0.05) is 6.92 Å². The normalized spacial score (nSPS) is 31.4. The van der Waals surface area contributed by atoms with Crippen molar-refractivity contribution in [1.82, 2.24) is 15.5 Å². The van der Waals surface area contributed by atoms with Crippen LogP contribution in [0.15, 0.2) is 0 Å². The molecule has 2 heterocycles. The van der Waals surface area contributed by atoms with E-state index in [1.807, 2.05) is 4.90 Å². The summed E-state index contributed by atoms with van der Waals surface area (Å²) >= 11 is 0. The van der Waals surface area contributed by atoms with Crippen LogP contribution < -0.4 is 10.6 Å². The van der Waals surface area contributed by atoms with E-state index in [1.165, 1.54) is 0 Å². The predicted octanol–water partition coefficient (Wildman–Crippen LogP) is -0.815. The van der Waals surface area contributed by atoms with E-state index in [2.05, 4.69) is 17.6 Å². The first kappa shape index (κ1) is 11.8. The topological polar surface area (TPSA) is 53.6 Å². The van der Waals surface area contributed by atoms with E-state index in [9.17, 15) is 4.79 Å². The molecule has 0 saturated carbocycles. The quantitative estimate of drug-likeness (QED) is 0.647. The van der Waals surface area contributed by atoms with Gasteiger partial charge in [0, 0.05) is 32.7 Å². The van der Waals surface area contributed by atoms with Gasteiger partial charge >= 0.3 is 0 Å². The molecule has 0 aromatic heterocycles. The molecule has 0 radical (unpaired) electrons. The molecule has 2 rings (SSSR count). The van der Waals surface area contributed by atoms with Crippen LogP contribution in [-0.2, 0) is 9.53 Å². The molecule has 2 saturated heterocycles. The fraction of sp³-hybridized carbons (Fsp3) is 0.909. The summed E-state index contributed by atoms with van der Waals surface area (Å²) in [5.41, 5.74) is 0. The number of morpholine rings is 1. The number of hydrogen-bond donors (Lipinski definition) is 2. The van der Waals surface area contributed by atoms with Crippen molar-refractivity contribution in [1.29, 1.82) is 0 Å². The van der Waals surface area contributed by atoms with Crippen LogP contribution in [0, 0.1) is 0 Å². The third-order valence-electron chi connectivity index (χ3n) is 3.24. The Morgan fingerprint density at radius 3 is 3.06 bits per heavy atom. The number of ether oxygens (including phenoxy) is 1.